The second-order valence-corrected chi connectivity index (χ2v) is 7.77. The van der Waals surface area contributed by atoms with Gasteiger partial charge in [0.15, 0.2) is 0 Å². The monoisotopic (exact) mass is 399 g/mol. The van der Waals surface area contributed by atoms with Gasteiger partial charge in [-0.15, -0.1) is 0 Å². The molecular weight excluding hydrogens is 378 g/mol. The molecule has 28 heavy (non-hydrogen) atoms. The summed E-state index contributed by atoms with van der Waals surface area (Å²) in [5, 5.41) is 2.83. The number of aromatic nitrogens is 1. The summed E-state index contributed by atoms with van der Waals surface area (Å²) in [6.45, 7) is 0.611. The van der Waals surface area contributed by atoms with Crippen LogP contribution in [0.15, 0.2) is 48.7 Å². The zero-order valence-electron chi connectivity index (χ0n) is 15.2. The summed E-state index contributed by atoms with van der Waals surface area (Å²) in [7, 11) is 0. The quantitative estimate of drug-likeness (QED) is 0.805. The van der Waals surface area contributed by atoms with Crippen LogP contribution in [0.3, 0.4) is 0 Å². The number of carbonyl (C=O) groups is 2. The van der Waals surface area contributed by atoms with Gasteiger partial charge in [0.05, 0.1) is 13.1 Å². The van der Waals surface area contributed by atoms with Crippen LogP contribution in [0, 0.1) is 0 Å². The average Bonchev–Trinajstić information content (AvgIpc) is 3.37. The first-order chi connectivity index (χ1) is 13.7. The van der Waals surface area contributed by atoms with Crippen LogP contribution in [0.5, 0.6) is 5.88 Å². The molecular formula is C20H21N3O4S. The number of nitrogens with zero attached hydrogens (tertiary/aromatic N) is 2. The summed E-state index contributed by atoms with van der Waals surface area (Å²) in [6.07, 6.45) is 1.83. The summed E-state index contributed by atoms with van der Waals surface area (Å²) in [5.41, 5.74) is 1.17. The number of rotatable bonds is 6. The van der Waals surface area contributed by atoms with E-state index in [0.717, 1.165) is 23.6 Å². The van der Waals surface area contributed by atoms with Crippen LogP contribution in [0.25, 0.3) is 0 Å². The summed E-state index contributed by atoms with van der Waals surface area (Å²) >= 11 is 1.83. The van der Waals surface area contributed by atoms with Crippen LogP contribution in [0.2, 0.25) is 0 Å². The van der Waals surface area contributed by atoms with Gasteiger partial charge in [0.1, 0.15) is 17.8 Å². The highest BCUT2D eigenvalue weighted by Crippen LogP contribution is 2.24. The Morgan fingerprint density at radius 3 is 2.93 bits per heavy atom. The number of para-hydroxylation sites is 1. The van der Waals surface area contributed by atoms with E-state index in [0.29, 0.717) is 18.0 Å². The highest BCUT2D eigenvalue weighted by atomic mass is 32.2. The number of nitrogens with one attached hydrogen (secondary N) is 1. The molecule has 0 bridgehead atoms. The average molecular weight is 399 g/mol. The van der Waals surface area contributed by atoms with Gasteiger partial charge >= 0.3 is 6.09 Å². The lowest BCUT2D eigenvalue weighted by Gasteiger charge is -2.15. The summed E-state index contributed by atoms with van der Waals surface area (Å²) in [5.74, 6) is 2.03. The Hall–Kier alpha value is -2.74. The molecule has 4 rings (SSSR count). The standard InChI is InChI=1S/C20H21N3O4S/c24-18(17-7-4-9-21-19(17)26-15-8-10-28-13-15)22-11-16-12-23(20(25)27-16)14-5-2-1-3-6-14/h1-7,9,15-16H,8,10-13H2,(H,22,24). The molecule has 0 spiro atoms. The van der Waals surface area contributed by atoms with Crippen LogP contribution in [-0.2, 0) is 4.74 Å². The maximum atomic E-state index is 12.6. The van der Waals surface area contributed by atoms with Gasteiger partial charge in [0.2, 0.25) is 5.88 Å². The van der Waals surface area contributed by atoms with Crippen molar-refractivity contribution in [2.24, 2.45) is 0 Å². The van der Waals surface area contributed by atoms with E-state index in [9.17, 15) is 9.59 Å². The second kappa shape index (κ2) is 8.52. The lowest BCUT2D eigenvalue weighted by Crippen LogP contribution is -2.35. The van der Waals surface area contributed by atoms with Gasteiger partial charge in [-0.2, -0.15) is 11.8 Å². The molecule has 3 heterocycles. The Kier molecular flexibility index (Phi) is 5.66. The molecule has 1 aromatic carbocycles. The van der Waals surface area contributed by atoms with Crippen molar-refractivity contribution in [3.8, 4) is 5.88 Å². The maximum Gasteiger partial charge on any atom is 0.414 e. The first kappa shape index (κ1) is 18.6. The van der Waals surface area contributed by atoms with E-state index in [1.165, 1.54) is 0 Å². The van der Waals surface area contributed by atoms with Gasteiger partial charge in [0.25, 0.3) is 5.91 Å². The minimum Gasteiger partial charge on any atom is -0.473 e. The van der Waals surface area contributed by atoms with Gasteiger partial charge in [-0.05, 0) is 36.4 Å². The molecule has 2 fully saturated rings. The van der Waals surface area contributed by atoms with Crippen molar-refractivity contribution in [2.75, 3.05) is 29.5 Å². The van der Waals surface area contributed by atoms with Crippen LogP contribution < -0.4 is 15.0 Å². The molecule has 2 saturated heterocycles. The lowest BCUT2D eigenvalue weighted by atomic mass is 10.2. The van der Waals surface area contributed by atoms with Crippen molar-refractivity contribution in [3.05, 3.63) is 54.2 Å². The van der Waals surface area contributed by atoms with Gasteiger partial charge in [-0.25, -0.2) is 9.78 Å². The minimum absolute atomic E-state index is 0.0849. The molecule has 2 atom stereocenters. The van der Waals surface area contributed by atoms with Gasteiger partial charge in [0, 0.05) is 17.6 Å². The normalized spacial score (nSPS) is 21.4. The summed E-state index contributed by atoms with van der Waals surface area (Å²) in [6, 6.07) is 12.7. The van der Waals surface area contributed by atoms with Gasteiger partial charge in [-0.1, -0.05) is 18.2 Å². The fraction of sp³-hybridized carbons (Fsp3) is 0.350. The number of carbonyl (C=O) groups excluding carboxylic acids is 2. The van der Waals surface area contributed by atoms with E-state index < -0.39 is 12.2 Å². The Balaban J connectivity index is 1.35. The molecule has 0 aliphatic carbocycles. The Morgan fingerprint density at radius 1 is 1.29 bits per heavy atom. The van der Waals surface area contributed by atoms with E-state index in [1.54, 1.807) is 23.2 Å². The second-order valence-electron chi connectivity index (χ2n) is 6.62. The lowest BCUT2D eigenvalue weighted by molar-refractivity contribution is 0.0908. The number of ether oxygens (including phenoxy) is 2. The first-order valence-electron chi connectivity index (χ1n) is 9.21. The number of pyridine rings is 1. The number of amides is 2. The number of cyclic esters (lactones) is 1. The molecule has 2 unspecified atom stereocenters. The molecule has 146 valence electrons. The zero-order chi connectivity index (χ0) is 19.3. The van der Waals surface area contributed by atoms with Crippen molar-refractivity contribution < 1.29 is 19.1 Å². The predicted octanol–water partition coefficient (Wildman–Crippen LogP) is 2.72. The summed E-state index contributed by atoms with van der Waals surface area (Å²) < 4.78 is 11.3. The maximum absolute atomic E-state index is 12.6. The van der Waals surface area contributed by atoms with Crippen molar-refractivity contribution in [1.29, 1.82) is 0 Å². The molecule has 8 heteroatoms. The molecule has 2 aliphatic heterocycles. The SMILES string of the molecule is O=C(NCC1CN(c2ccccc2)C(=O)O1)c1cccnc1OC1CCSC1. The molecule has 0 radical (unpaired) electrons. The third-order valence-corrected chi connectivity index (χ3v) is 5.75. The highest BCUT2D eigenvalue weighted by Gasteiger charge is 2.32. The Bertz CT molecular complexity index is 842. The van der Waals surface area contributed by atoms with E-state index in [1.807, 2.05) is 42.1 Å². The van der Waals surface area contributed by atoms with Crippen LogP contribution in [0.1, 0.15) is 16.8 Å². The number of thioether (sulfide) groups is 1. The number of hydrogen-bond donors (Lipinski definition) is 1. The van der Waals surface area contributed by atoms with Crippen LogP contribution in [0.4, 0.5) is 10.5 Å². The van der Waals surface area contributed by atoms with E-state index >= 15 is 0 Å². The minimum atomic E-state index is -0.413. The molecule has 2 aliphatic rings. The van der Waals surface area contributed by atoms with Crippen molar-refractivity contribution in [1.82, 2.24) is 10.3 Å². The third kappa shape index (κ3) is 4.22. The largest absolute Gasteiger partial charge is 0.473 e. The smallest absolute Gasteiger partial charge is 0.414 e. The summed E-state index contributed by atoms with van der Waals surface area (Å²) in [4.78, 5) is 30.5. The van der Waals surface area contributed by atoms with Crippen LogP contribution >= 0.6 is 11.8 Å². The molecule has 7 nitrogen and oxygen atoms in total. The zero-order valence-corrected chi connectivity index (χ0v) is 16.1. The van der Waals surface area contributed by atoms with Crippen molar-refractivity contribution in [3.63, 3.8) is 0 Å². The van der Waals surface area contributed by atoms with Gasteiger partial charge < -0.3 is 14.8 Å². The fourth-order valence-corrected chi connectivity index (χ4v) is 4.26. The Labute approximate surface area is 167 Å². The molecule has 1 N–H and O–H groups in total. The van der Waals surface area contributed by atoms with Crippen molar-refractivity contribution in [2.45, 2.75) is 18.6 Å². The van der Waals surface area contributed by atoms with E-state index in [4.69, 9.17) is 9.47 Å². The van der Waals surface area contributed by atoms with Crippen molar-refractivity contribution >= 4 is 29.4 Å². The topological polar surface area (TPSA) is 80.8 Å². The van der Waals surface area contributed by atoms with Crippen LogP contribution in [-0.4, -0.2) is 53.8 Å². The number of anilines is 1. The molecule has 1 aromatic heterocycles. The number of hydrogen-bond acceptors (Lipinski definition) is 6. The third-order valence-electron chi connectivity index (χ3n) is 4.61. The highest BCUT2D eigenvalue weighted by molar-refractivity contribution is 7.99. The van der Waals surface area contributed by atoms with E-state index in [2.05, 4.69) is 10.3 Å². The Morgan fingerprint density at radius 2 is 2.14 bits per heavy atom. The molecule has 2 aromatic rings. The fourth-order valence-electron chi connectivity index (χ4n) is 3.17. The molecule has 0 saturated carbocycles. The number of benzene rings is 1. The predicted molar refractivity (Wildman–Crippen MR) is 107 cm³/mol. The first-order valence-corrected chi connectivity index (χ1v) is 10.4. The van der Waals surface area contributed by atoms with E-state index in [-0.39, 0.29) is 18.6 Å². The van der Waals surface area contributed by atoms with Gasteiger partial charge in [-0.3, -0.25) is 9.69 Å². The molecule has 2 amide bonds.